The van der Waals surface area contributed by atoms with E-state index in [2.05, 4.69) is 9.97 Å². The summed E-state index contributed by atoms with van der Waals surface area (Å²) in [6.07, 6.45) is 5.32. The maximum absolute atomic E-state index is 12.0. The number of aromatic amines is 1. The van der Waals surface area contributed by atoms with Gasteiger partial charge in [0.15, 0.2) is 0 Å². The molecular formula is C17H20N2O2. The van der Waals surface area contributed by atoms with E-state index in [0.717, 1.165) is 24.1 Å². The van der Waals surface area contributed by atoms with Gasteiger partial charge in [0.25, 0.3) is 11.6 Å². The van der Waals surface area contributed by atoms with Gasteiger partial charge in [-0.3, -0.25) is 9.78 Å². The van der Waals surface area contributed by atoms with Crippen molar-refractivity contribution in [1.29, 1.82) is 0 Å². The molecule has 2 aromatic rings. The van der Waals surface area contributed by atoms with Gasteiger partial charge in [0, 0.05) is 12.0 Å². The minimum atomic E-state index is -0.107. The lowest BCUT2D eigenvalue weighted by Crippen LogP contribution is -2.20. The Morgan fingerprint density at radius 2 is 1.95 bits per heavy atom. The lowest BCUT2D eigenvalue weighted by molar-refractivity contribution is 0.191. The molecule has 1 aromatic heterocycles. The first-order valence-corrected chi connectivity index (χ1v) is 7.53. The summed E-state index contributed by atoms with van der Waals surface area (Å²) >= 11 is 0. The van der Waals surface area contributed by atoms with Crippen LogP contribution in [-0.2, 0) is 6.42 Å². The summed E-state index contributed by atoms with van der Waals surface area (Å²) in [5.74, 6) is 0. The average Bonchev–Trinajstić information content (AvgIpc) is 2.98. The third kappa shape index (κ3) is 3.32. The molecule has 0 saturated heterocycles. The number of rotatable bonds is 4. The highest BCUT2D eigenvalue weighted by Gasteiger charge is 2.18. The summed E-state index contributed by atoms with van der Waals surface area (Å²) in [6, 6.07) is 10.4. The minimum Gasteiger partial charge on any atom is -0.461 e. The molecule has 0 aliphatic heterocycles. The molecule has 1 aliphatic rings. The maximum Gasteiger partial charge on any atom is 0.296 e. The smallest absolute Gasteiger partial charge is 0.296 e. The van der Waals surface area contributed by atoms with E-state index in [1.54, 1.807) is 0 Å². The van der Waals surface area contributed by atoms with Gasteiger partial charge in [0.1, 0.15) is 6.10 Å². The van der Waals surface area contributed by atoms with Gasteiger partial charge in [0.05, 0.1) is 5.69 Å². The van der Waals surface area contributed by atoms with E-state index in [4.69, 9.17) is 4.74 Å². The molecule has 1 N–H and O–H groups in total. The molecule has 1 aromatic carbocycles. The van der Waals surface area contributed by atoms with Crippen LogP contribution >= 0.6 is 0 Å². The van der Waals surface area contributed by atoms with Crippen LogP contribution in [-0.4, -0.2) is 16.1 Å². The molecule has 0 atom stereocenters. The molecular weight excluding hydrogens is 264 g/mol. The monoisotopic (exact) mass is 284 g/mol. The Morgan fingerprint density at radius 3 is 2.67 bits per heavy atom. The largest absolute Gasteiger partial charge is 0.461 e. The molecule has 1 heterocycles. The second-order valence-corrected chi connectivity index (χ2v) is 5.63. The van der Waals surface area contributed by atoms with Gasteiger partial charge in [-0.05, 0) is 38.2 Å². The van der Waals surface area contributed by atoms with E-state index in [1.165, 1.54) is 12.8 Å². The highest BCUT2D eigenvalue weighted by Crippen LogP contribution is 2.22. The van der Waals surface area contributed by atoms with Crippen LogP contribution in [0.5, 0.6) is 6.01 Å². The van der Waals surface area contributed by atoms with Gasteiger partial charge >= 0.3 is 0 Å². The van der Waals surface area contributed by atoms with Crippen LogP contribution in [0.2, 0.25) is 0 Å². The van der Waals surface area contributed by atoms with Crippen molar-refractivity contribution in [3.05, 3.63) is 57.5 Å². The van der Waals surface area contributed by atoms with Crippen LogP contribution in [0.4, 0.5) is 0 Å². The number of hydrogen-bond donors (Lipinski definition) is 1. The molecule has 0 radical (unpaired) electrons. The summed E-state index contributed by atoms with van der Waals surface area (Å²) in [7, 11) is 0. The highest BCUT2D eigenvalue weighted by molar-refractivity contribution is 5.26. The average molecular weight is 284 g/mol. The van der Waals surface area contributed by atoms with Crippen molar-refractivity contribution in [2.24, 2.45) is 0 Å². The summed E-state index contributed by atoms with van der Waals surface area (Å²) in [6.45, 7) is 1.81. The predicted molar refractivity (Wildman–Crippen MR) is 81.7 cm³/mol. The quantitative estimate of drug-likeness (QED) is 0.939. The van der Waals surface area contributed by atoms with E-state index in [0.29, 0.717) is 18.0 Å². The fourth-order valence-corrected chi connectivity index (χ4v) is 2.74. The van der Waals surface area contributed by atoms with Crippen molar-refractivity contribution in [3.8, 4) is 6.01 Å². The normalized spacial score (nSPS) is 15.3. The van der Waals surface area contributed by atoms with Crippen LogP contribution in [0.1, 0.15) is 42.5 Å². The number of aromatic nitrogens is 2. The Morgan fingerprint density at radius 1 is 1.24 bits per heavy atom. The van der Waals surface area contributed by atoms with E-state index >= 15 is 0 Å². The van der Waals surface area contributed by atoms with Gasteiger partial charge in [-0.1, -0.05) is 30.3 Å². The SMILES string of the molecule is Cc1c(Cc2ccccc2)nc(OC2CCCC2)[nH]c1=O. The van der Waals surface area contributed by atoms with E-state index in [1.807, 2.05) is 37.3 Å². The molecule has 21 heavy (non-hydrogen) atoms. The zero-order chi connectivity index (χ0) is 14.7. The zero-order valence-corrected chi connectivity index (χ0v) is 12.3. The third-order valence-corrected chi connectivity index (χ3v) is 4.03. The number of nitrogens with one attached hydrogen (secondary N) is 1. The van der Waals surface area contributed by atoms with Crippen LogP contribution in [0, 0.1) is 6.92 Å². The molecule has 1 fully saturated rings. The van der Waals surface area contributed by atoms with E-state index in [-0.39, 0.29) is 11.7 Å². The third-order valence-electron chi connectivity index (χ3n) is 4.03. The van der Waals surface area contributed by atoms with E-state index in [9.17, 15) is 4.79 Å². The first-order chi connectivity index (χ1) is 10.2. The lowest BCUT2D eigenvalue weighted by atomic mass is 10.1. The van der Waals surface area contributed by atoms with Crippen LogP contribution in [0.15, 0.2) is 35.1 Å². The first-order valence-electron chi connectivity index (χ1n) is 7.53. The number of ether oxygens (including phenoxy) is 1. The van der Waals surface area contributed by atoms with Gasteiger partial charge in [0.2, 0.25) is 0 Å². The first kappa shape index (κ1) is 13.9. The molecule has 0 unspecified atom stereocenters. The number of benzene rings is 1. The van der Waals surface area contributed by atoms with E-state index < -0.39 is 0 Å². The molecule has 0 bridgehead atoms. The molecule has 4 nitrogen and oxygen atoms in total. The summed E-state index contributed by atoms with van der Waals surface area (Å²) < 4.78 is 5.82. The molecule has 3 rings (SSSR count). The molecule has 1 aliphatic carbocycles. The Hall–Kier alpha value is -2.10. The molecule has 0 amide bonds. The highest BCUT2D eigenvalue weighted by atomic mass is 16.5. The summed E-state index contributed by atoms with van der Waals surface area (Å²) in [5, 5.41) is 0. The van der Waals surface area contributed by atoms with Crippen molar-refractivity contribution in [2.75, 3.05) is 0 Å². The van der Waals surface area contributed by atoms with Crippen molar-refractivity contribution in [2.45, 2.75) is 45.1 Å². The maximum atomic E-state index is 12.0. The summed E-state index contributed by atoms with van der Waals surface area (Å²) in [4.78, 5) is 19.3. The molecule has 0 spiro atoms. The molecule has 1 saturated carbocycles. The standard InChI is InChI=1S/C17H20N2O2/c1-12-15(11-13-7-3-2-4-8-13)18-17(19-16(12)20)21-14-9-5-6-10-14/h2-4,7-8,14H,5-6,9-11H2,1H3,(H,18,19,20). The van der Waals surface area contributed by atoms with Crippen LogP contribution in [0.25, 0.3) is 0 Å². The van der Waals surface area contributed by atoms with Crippen molar-refractivity contribution < 1.29 is 4.74 Å². The summed E-state index contributed by atoms with van der Waals surface area (Å²) in [5.41, 5.74) is 2.49. The van der Waals surface area contributed by atoms with Crippen LogP contribution in [0.3, 0.4) is 0 Å². The number of nitrogens with zero attached hydrogens (tertiary/aromatic N) is 1. The number of H-pyrrole nitrogens is 1. The van der Waals surface area contributed by atoms with Crippen molar-refractivity contribution >= 4 is 0 Å². The van der Waals surface area contributed by atoms with Crippen LogP contribution < -0.4 is 10.3 Å². The topological polar surface area (TPSA) is 55.0 Å². The van der Waals surface area contributed by atoms with Gasteiger partial charge in [-0.15, -0.1) is 0 Å². The molecule has 4 heteroatoms. The fourth-order valence-electron chi connectivity index (χ4n) is 2.74. The fraction of sp³-hybridized carbons (Fsp3) is 0.412. The Bertz CT molecular complexity index is 658. The Kier molecular flexibility index (Phi) is 4.04. The Labute approximate surface area is 124 Å². The lowest BCUT2D eigenvalue weighted by Gasteiger charge is -2.13. The minimum absolute atomic E-state index is 0.107. The second-order valence-electron chi connectivity index (χ2n) is 5.63. The van der Waals surface area contributed by atoms with Gasteiger partial charge in [-0.25, -0.2) is 4.98 Å². The molecule has 110 valence electrons. The number of hydrogen-bond acceptors (Lipinski definition) is 3. The Balaban J connectivity index is 1.85. The zero-order valence-electron chi connectivity index (χ0n) is 12.3. The second kappa shape index (κ2) is 6.12. The van der Waals surface area contributed by atoms with Gasteiger partial charge in [-0.2, -0.15) is 0 Å². The van der Waals surface area contributed by atoms with Gasteiger partial charge < -0.3 is 4.74 Å². The van der Waals surface area contributed by atoms with Crippen molar-refractivity contribution in [3.63, 3.8) is 0 Å². The van der Waals surface area contributed by atoms with Crippen molar-refractivity contribution in [1.82, 2.24) is 9.97 Å². The predicted octanol–water partition coefficient (Wildman–Crippen LogP) is 2.99.